The molecule has 3 rings (SSSR count). The van der Waals surface area contributed by atoms with Crippen LogP contribution >= 0.6 is 22.9 Å². The number of rotatable bonds is 10. The molecule has 1 aromatic carbocycles. The van der Waals surface area contributed by atoms with Crippen molar-refractivity contribution < 1.29 is 19.1 Å². The predicted octanol–water partition coefficient (Wildman–Crippen LogP) is 2.23. The van der Waals surface area contributed by atoms with E-state index in [0.29, 0.717) is 28.0 Å². The van der Waals surface area contributed by atoms with E-state index in [1.165, 1.54) is 23.3 Å². The summed E-state index contributed by atoms with van der Waals surface area (Å²) in [6, 6.07) is 6.50. The number of nitrogens with zero attached hydrogens (tertiary/aromatic N) is 4. The summed E-state index contributed by atoms with van der Waals surface area (Å²) in [6.45, 7) is 6.72. The zero-order valence-electron chi connectivity index (χ0n) is 19.5. The summed E-state index contributed by atoms with van der Waals surface area (Å²) < 4.78 is 5.08. The van der Waals surface area contributed by atoms with Gasteiger partial charge in [0.1, 0.15) is 6.54 Å². The number of carbonyl (C=O) groups excluding carboxylic acids is 3. The van der Waals surface area contributed by atoms with E-state index in [1.54, 1.807) is 29.6 Å². The van der Waals surface area contributed by atoms with Crippen LogP contribution in [0.15, 0.2) is 29.6 Å². The Labute approximate surface area is 208 Å². The Morgan fingerprint density at radius 1 is 1.18 bits per heavy atom. The molecule has 3 amide bonds. The van der Waals surface area contributed by atoms with Gasteiger partial charge in [-0.2, -0.15) is 0 Å². The number of likely N-dealkylation sites (N-methyl/N-ethyl adjacent to an activating group) is 1. The molecule has 0 aliphatic carbocycles. The molecule has 1 saturated heterocycles. The number of piperazine rings is 1. The van der Waals surface area contributed by atoms with Crippen molar-refractivity contribution in [3.63, 3.8) is 0 Å². The highest BCUT2D eigenvalue weighted by Crippen LogP contribution is 2.17. The molecule has 0 radical (unpaired) electrons. The highest BCUT2D eigenvalue weighted by molar-refractivity contribution is 7.13. The summed E-state index contributed by atoms with van der Waals surface area (Å²) in [5, 5.41) is 5.43. The maximum absolute atomic E-state index is 12.9. The van der Waals surface area contributed by atoms with Gasteiger partial charge in [-0.05, 0) is 30.8 Å². The molecule has 1 aliphatic heterocycles. The summed E-state index contributed by atoms with van der Waals surface area (Å²) in [5.74, 6) is -0.628. The van der Waals surface area contributed by atoms with Crippen LogP contribution in [0.3, 0.4) is 0 Å². The number of hydrogen-bond acceptors (Lipinski definition) is 7. The average molecular weight is 508 g/mol. The molecule has 0 saturated carbocycles. The Morgan fingerprint density at radius 2 is 1.88 bits per heavy atom. The molecule has 2 aromatic rings. The van der Waals surface area contributed by atoms with Gasteiger partial charge in [-0.1, -0.05) is 18.5 Å². The third-order valence-electron chi connectivity index (χ3n) is 5.58. The third kappa shape index (κ3) is 7.49. The first-order valence-electron chi connectivity index (χ1n) is 11.2. The van der Waals surface area contributed by atoms with Crippen molar-refractivity contribution in [2.75, 3.05) is 64.8 Å². The van der Waals surface area contributed by atoms with Crippen LogP contribution in [0.2, 0.25) is 5.02 Å². The number of carbonyl (C=O) groups is 3. The zero-order chi connectivity index (χ0) is 24.5. The molecule has 34 heavy (non-hydrogen) atoms. The van der Waals surface area contributed by atoms with Crippen LogP contribution in [0.5, 0.6) is 0 Å². The standard InChI is InChI=1S/C23H30ClN5O4S/c1-3-27-8-10-28(11-9-27)21(31)14-19-16-34-23(25-19)26-20(30)15-29(12-13-33-2)22(32)17-4-6-18(24)7-5-17/h4-7,16H,3,8-15H2,1-2H3,(H,25,26,30). The van der Waals surface area contributed by atoms with Gasteiger partial charge in [0, 0.05) is 55.8 Å². The van der Waals surface area contributed by atoms with Crippen LogP contribution in [0.4, 0.5) is 5.13 Å². The van der Waals surface area contributed by atoms with Gasteiger partial charge in [0.25, 0.3) is 5.91 Å². The van der Waals surface area contributed by atoms with Gasteiger partial charge in [0.2, 0.25) is 11.8 Å². The molecule has 0 spiro atoms. The van der Waals surface area contributed by atoms with Crippen molar-refractivity contribution in [3.05, 3.63) is 45.9 Å². The molecule has 1 N–H and O–H groups in total. The molecule has 0 atom stereocenters. The van der Waals surface area contributed by atoms with Gasteiger partial charge in [-0.3, -0.25) is 14.4 Å². The van der Waals surface area contributed by atoms with Crippen LogP contribution in [0.1, 0.15) is 23.0 Å². The number of nitrogens with one attached hydrogen (secondary N) is 1. The normalized spacial score (nSPS) is 14.1. The van der Waals surface area contributed by atoms with E-state index in [0.717, 1.165) is 32.7 Å². The van der Waals surface area contributed by atoms with Crippen LogP contribution in [0.25, 0.3) is 0 Å². The minimum atomic E-state index is -0.374. The maximum atomic E-state index is 12.9. The number of thiazole rings is 1. The lowest BCUT2D eigenvalue weighted by Gasteiger charge is -2.34. The fourth-order valence-corrected chi connectivity index (χ4v) is 4.44. The Hall–Kier alpha value is -2.53. The molecule has 0 bridgehead atoms. The fraction of sp³-hybridized carbons (Fsp3) is 0.478. The smallest absolute Gasteiger partial charge is 0.254 e. The molecule has 1 fully saturated rings. The lowest BCUT2D eigenvalue weighted by atomic mass is 10.2. The number of halogens is 1. The van der Waals surface area contributed by atoms with E-state index < -0.39 is 0 Å². The quantitative estimate of drug-likeness (QED) is 0.530. The first-order valence-corrected chi connectivity index (χ1v) is 12.4. The van der Waals surface area contributed by atoms with Crippen molar-refractivity contribution >= 4 is 45.8 Å². The molecule has 11 heteroatoms. The number of benzene rings is 1. The van der Waals surface area contributed by atoms with Gasteiger partial charge in [-0.25, -0.2) is 4.98 Å². The molecule has 0 unspecified atom stereocenters. The Kier molecular flexibility index (Phi) is 9.82. The molecular weight excluding hydrogens is 478 g/mol. The number of amides is 3. The largest absolute Gasteiger partial charge is 0.383 e. The van der Waals surface area contributed by atoms with Crippen molar-refractivity contribution in [2.45, 2.75) is 13.3 Å². The van der Waals surface area contributed by atoms with Crippen molar-refractivity contribution in [1.82, 2.24) is 19.7 Å². The number of methoxy groups -OCH3 is 1. The van der Waals surface area contributed by atoms with Crippen LogP contribution in [-0.2, 0) is 20.7 Å². The zero-order valence-corrected chi connectivity index (χ0v) is 21.0. The summed E-state index contributed by atoms with van der Waals surface area (Å²) in [4.78, 5) is 48.1. The second-order valence-corrected chi connectivity index (χ2v) is 9.20. The number of anilines is 1. The van der Waals surface area contributed by atoms with Gasteiger partial charge < -0.3 is 24.8 Å². The van der Waals surface area contributed by atoms with E-state index in [1.807, 2.05) is 4.90 Å². The van der Waals surface area contributed by atoms with Gasteiger partial charge in [0.05, 0.1) is 18.7 Å². The molecule has 2 heterocycles. The Morgan fingerprint density at radius 3 is 2.53 bits per heavy atom. The van der Waals surface area contributed by atoms with E-state index in [-0.39, 0.29) is 37.2 Å². The second kappa shape index (κ2) is 12.8. The van der Waals surface area contributed by atoms with Crippen molar-refractivity contribution in [1.29, 1.82) is 0 Å². The number of aromatic nitrogens is 1. The fourth-order valence-electron chi connectivity index (χ4n) is 3.59. The maximum Gasteiger partial charge on any atom is 0.254 e. The SMILES string of the molecule is CCN1CCN(C(=O)Cc2csc(NC(=O)CN(CCOC)C(=O)c3ccc(Cl)cc3)n2)CC1. The van der Waals surface area contributed by atoms with Gasteiger partial charge in [0.15, 0.2) is 5.13 Å². The second-order valence-electron chi connectivity index (χ2n) is 7.91. The summed E-state index contributed by atoms with van der Waals surface area (Å²) in [6.07, 6.45) is 0.202. The lowest BCUT2D eigenvalue weighted by Crippen LogP contribution is -2.48. The van der Waals surface area contributed by atoms with Crippen LogP contribution in [0, 0.1) is 0 Å². The molecule has 1 aromatic heterocycles. The molecule has 9 nitrogen and oxygen atoms in total. The van der Waals surface area contributed by atoms with Crippen LogP contribution < -0.4 is 5.32 Å². The van der Waals surface area contributed by atoms with E-state index in [2.05, 4.69) is 22.1 Å². The molecule has 1 aliphatic rings. The third-order valence-corrected chi connectivity index (χ3v) is 6.64. The van der Waals surface area contributed by atoms with Crippen molar-refractivity contribution in [2.24, 2.45) is 0 Å². The van der Waals surface area contributed by atoms with Gasteiger partial charge >= 0.3 is 0 Å². The predicted molar refractivity (Wildman–Crippen MR) is 132 cm³/mol. The van der Waals surface area contributed by atoms with E-state index >= 15 is 0 Å². The molecule has 184 valence electrons. The highest BCUT2D eigenvalue weighted by atomic mass is 35.5. The van der Waals surface area contributed by atoms with Gasteiger partial charge in [-0.15, -0.1) is 11.3 Å². The average Bonchev–Trinajstić information content (AvgIpc) is 3.28. The summed E-state index contributed by atoms with van der Waals surface area (Å²) in [5.41, 5.74) is 1.06. The first-order chi connectivity index (χ1) is 16.4. The Bertz CT molecular complexity index is 976. The first kappa shape index (κ1) is 26.1. The number of ether oxygens (including phenoxy) is 1. The summed E-state index contributed by atoms with van der Waals surface area (Å²) in [7, 11) is 1.53. The highest BCUT2D eigenvalue weighted by Gasteiger charge is 2.22. The summed E-state index contributed by atoms with van der Waals surface area (Å²) >= 11 is 7.16. The van der Waals surface area contributed by atoms with E-state index in [4.69, 9.17) is 16.3 Å². The minimum Gasteiger partial charge on any atom is -0.383 e. The number of hydrogen-bond donors (Lipinski definition) is 1. The lowest BCUT2D eigenvalue weighted by molar-refractivity contribution is -0.132. The molecular formula is C23H30ClN5O4S. The monoisotopic (exact) mass is 507 g/mol. The minimum absolute atomic E-state index is 0.0400. The van der Waals surface area contributed by atoms with Crippen molar-refractivity contribution in [3.8, 4) is 0 Å². The Balaban J connectivity index is 1.54. The van der Waals surface area contributed by atoms with Crippen LogP contribution in [-0.4, -0.2) is 96.9 Å². The van der Waals surface area contributed by atoms with E-state index in [9.17, 15) is 14.4 Å². The topological polar surface area (TPSA) is 95.1 Å².